The van der Waals surface area contributed by atoms with Crippen molar-refractivity contribution in [1.82, 2.24) is 0 Å². The van der Waals surface area contributed by atoms with Gasteiger partial charge in [-0.2, -0.15) is 10.5 Å². The molecule has 0 aromatic heterocycles. The number of nitro groups is 2. The van der Waals surface area contributed by atoms with Crippen molar-refractivity contribution < 1.29 is 19.4 Å². The van der Waals surface area contributed by atoms with Crippen LogP contribution in [0.1, 0.15) is 28.4 Å². The molecule has 0 radical (unpaired) electrons. The van der Waals surface area contributed by atoms with Crippen molar-refractivity contribution in [2.24, 2.45) is 0 Å². The van der Waals surface area contributed by atoms with Crippen LogP contribution >= 0.6 is 0 Å². The Morgan fingerprint density at radius 1 is 0.882 bits per heavy atom. The van der Waals surface area contributed by atoms with Crippen molar-refractivity contribution in [3.05, 3.63) is 85.4 Å². The zero-order valence-electron chi connectivity index (χ0n) is 17.6. The van der Waals surface area contributed by atoms with E-state index in [4.69, 9.17) is 10.5 Å². The van der Waals surface area contributed by atoms with E-state index in [1.807, 2.05) is 12.1 Å². The zero-order valence-corrected chi connectivity index (χ0v) is 17.6. The summed E-state index contributed by atoms with van der Waals surface area (Å²) >= 11 is 0. The number of nitrogens with two attached hydrogens (primary N) is 1. The molecule has 0 atom stereocenters. The van der Waals surface area contributed by atoms with Crippen LogP contribution in [0, 0.1) is 42.9 Å². The van der Waals surface area contributed by atoms with Gasteiger partial charge < -0.3 is 10.5 Å². The fourth-order valence-corrected chi connectivity index (χ4v) is 3.49. The number of ether oxygens (including phenoxy) is 1. The van der Waals surface area contributed by atoms with Crippen molar-refractivity contribution >= 4 is 23.0 Å². The molecule has 3 aromatic carbocycles. The van der Waals surface area contributed by atoms with E-state index in [9.17, 15) is 35.5 Å². The fourth-order valence-electron chi connectivity index (χ4n) is 3.49. The minimum Gasteiger partial charge on any atom is -0.462 e. The van der Waals surface area contributed by atoms with Crippen molar-refractivity contribution in [3.8, 4) is 34.4 Å². The van der Waals surface area contributed by atoms with Crippen molar-refractivity contribution in [3.63, 3.8) is 0 Å². The highest BCUT2D eigenvalue weighted by atomic mass is 16.6. The molecule has 0 heterocycles. The van der Waals surface area contributed by atoms with Gasteiger partial charge in [0, 0.05) is 35.4 Å². The number of nitrogen functional groups attached to an aromatic ring is 1. The summed E-state index contributed by atoms with van der Waals surface area (Å²) in [6.07, 6.45) is 0. The SMILES string of the molecule is CCOC(=O)c1c(C#N)c(N)c(C#N)c(-c2ccc([N+](=O)[O-])cc2)c1-c1ccc([N+](=O)[O-])cc1. The molecule has 0 aliphatic rings. The molecule has 11 nitrogen and oxygen atoms in total. The topological polar surface area (TPSA) is 186 Å². The maximum atomic E-state index is 13.0. The Labute approximate surface area is 192 Å². The summed E-state index contributed by atoms with van der Waals surface area (Å²) in [6, 6.07) is 14.1. The summed E-state index contributed by atoms with van der Waals surface area (Å²) in [7, 11) is 0. The third kappa shape index (κ3) is 4.09. The fraction of sp³-hybridized carbons (Fsp3) is 0.0870. The van der Waals surface area contributed by atoms with E-state index in [1.54, 1.807) is 6.92 Å². The molecule has 3 rings (SSSR count). The van der Waals surface area contributed by atoms with E-state index in [-0.39, 0.29) is 57.0 Å². The second kappa shape index (κ2) is 9.46. The summed E-state index contributed by atoms with van der Waals surface area (Å²) in [6.45, 7) is 1.55. The molecule has 0 amide bonds. The quantitative estimate of drug-likeness (QED) is 0.243. The molecule has 0 saturated carbocycles. The largest absolute Gasteiger partial charge is 0.462 e. The lowest BCUT2D eigenvalue weighted by molar-refractivity contribution is -0.385. The van der Waals surface area contributed by atoms with Crippen LogP contribution in [0.2, 0.25) is 0 Å². The molecule has 0 saturated heterocycles. The summed E-state index contributed by atoms with van der Waals surface area (Å²) in [4.78, 5) is 34.0. The number of nitro benzene ring substituents is 2. The van der Waals surface area contributed by atoms with Crippen LogP contribution < -0.4 is 5.73 Å². The molecule has 2 N–H and O–H groups in total. The number of carbonyl (C=O) groups is 1. The van der Waals surface area contributed by atoms with Crippen LogP contribution in [0.5, 0.6) is 0 Å². The number of benzene rings is 3. The number of non-ortho nitro benzene ring substituents is 2. The predicted octanol–water partition coefficient (Wildman–Crippen LogP) is 4.34. The van der Waals surface area contributed by atoms with Gasteiger partial charge >= 0.3 is 5.97 Å². The highest BCUT2D eigenvalue weighted by molar-refractivity contribution is 6.08. The summed E-state index contributed by atoms with van der Waals surface area (Å²) in [5.41, 5.74) is 5.60. The van der Waals surface area contributed by atoms with E-state index in [2.05, 4.69) is 0 Å². The molecule has 0 spiro atoms. The molecule has 0 fully saturated rings. The summed E-state index contributed by atoms with van der Waals surface area (Å²) < 4.78 is 5.14. The number of anilines is 1. The number of carbonyl (C=O) groups excluding carboxylic acids is 1. The van der Waals surface area contributed by atoms with Crippen molar-refractivity contribution in [2.45, 2.75) is 6.92 Å². The van der Waals surface area contributed by atoms with Gasteiger partial charge in [0.2, 0.25) is 0 Å². The van der Waals surface area contributed by atoms with Gasteiger partial charge in [-0.3, -0.25) is 20.2 Å². The van der Waals surface area contributed by atoms with Gasteiger partial charge in [-0.1, -0.05) is 0 Å². The molecular formula is C23H15N5O6. The van der Waals surface area contributed by atoms with Gasteiger partial charge in [-0.15, -0.1) is 0 Å². The summed E-state index contributed by atoms with van der Waals surface area (Å²) in [5.74, 6) is -0.883. The number of nitrogens with zero attached hydrogens (tertiary/aromatic N) is 4. The van der Waals surface area contributed by atoms with E-state index in [1.165, 1.54) is 48.5 Å². The second-order valence-corrected chi connectivity index (χ2v) is 6.84. The number of hydrogen-bond donors (Lipinski definition) is 1. The van der Waals surface area contributed by atoms with Crippen LogP contribution in [-0.2, 0) is 4.74 Å². The first-order valence-electron chi connectivity index (χ1n) is 9.71. The van der Waals surface area contributed by atoms with Crippen LogP contribution in [0.25, 0.3) is 22.3 Å². The van der Waals surface area contributed by atoms with Gasteiger partial charge in [0.25, 0.3) is 11.4 Å². The standard InChI is InChI=1S/C23H15N5O6/c1-2-34-23(29)21-18(12-25)22(26)17(11-24)19(13-3-7-15(8-4-13)27(30)31)20(21)14-5-9-16(10-6-14)28(32)33/h3-10H,2,26H2,1H3. The smallest absolute Gasteiger partial charge is 0.340 e. The average molecular weight is 457 g/mol. The lowest BCUT2D eigenvalue weighted by Crippen LogP contribution is -2.14. The number of rotatable bonds is 6. The Balaban J connectivity index is 2.51. The van der Waals surface area contributed by atoms with Gasteiger partial charge in [-0.05, 0) is 42.3 Å². The van der Waals surface area contributed by atoms with E-state index in [0.717, 1.165) is 0 Å². The van der Waals surface area contributed by atoms with Gasteiger partial charge in [0.1, 0.15) is 12.1 Å². The Morgan fingerprint density at radius 2 is 1.32 bits per heavy atom. The maximum absolute atomic E-state index is 13.0. The molecule has 34 heavy (non-hydrogen) atoms. The number of esters is 1. The third-order valence-electron chi connectivity index (χ3n) is 4.98. The Hall–Kier alpha value is -5.29. The first kappa shape index (κ1) is 23.4. The molecule has 3 aromatic rings. The van der Waals surface area contributed by atoms with Crippen LogP contribution in [0.3, 0.4) is 0 Å². The predicted molar refractivity (Wildman–Crippen MR) is 120 cm³/mol. The molecule has 0 aliphatic heterocycles. The average Bonchev–Trinajstić information content (AvgIpc) is 2.83. The van der Waals surface area contributed by atoms with Crippen molar-refractivity contribution in [2.75, 3.05) is 12.3 Å². The number of nitriles is 2. The highest BCUT2D eigenvalue weighted by Crippen LogP contribution is 2.43. The van der Waals surface area contributed by atoms with Gasteiger partial charge in [0.05, 0.1) is 38.8 Å². The van der Waals surface area contributed by atoms with Crippen LogP contribution in [0.4, 0.5) is 17.1 Å². The maximum Gasteiger partial charge on any atom is 0.340 e. The summed E-state index contributed by atoms with van der Waals surface area (Å²) in [5, 5.41) is 41.8. The Morgan fingerprint density at radius 3 is 1.71 bits per heavy atom. The Kier molecular flexibility index (Phi) is 6.50. The van der Waals surface area contributed by atoms with E-state index in [0.29, 0.717) is 5.56 Å². The molecule has 0 aliphatic carbocycles. The first-order valence-corrected chi connectivity index (χ1v) is 9.71. The highest BCUT2D eigenvalue weighted by Gasteiger charge is 2.29. The Bertz CT molecular complexity index is 1400. The monoisotopic (exact) mass is 457 g/mol. The molecule has 0 bridgehead atoms. The lowest BCUT2D eigenvalue weighted by Gasteiger charge is -2.20. The number of hydrogen-bond acceptors (Lipinski definition) is 9. The van der Waals surface area contributed by atoms with Crippen LogP contribution in [-0.4, -0.2) is 22.4 Å². The first-order chi connectivity index (χ1) is 16.2. The van der Waals surface area contributed by atoms with Crippen molar-refractivity contribution in [1.29, 1.82) is 10.5 Å². The van der Waals surface area contributed by atoms with Crippen LogP contribution in [0.15, 0.2) is 48.5 Å². The van der Waals surface area contributed by atoms with Gasteiger partial charge in [-0.25, -0.2) is 4.79 Å². The molecule has 11 heteroatoms. The zero-order chi connectivity index (χ0) is 25.0. The molecular weight excluding hydrogens is 442 g/mol. The van der Waals surface area contributed by atoms with E-state index < -0.39 is 15.8 Å². The lowest BCUT2D eigenvalue weighted by atomic mass is 9.83. The minimum atomic E-state index is -0.883. The minimum absolute atomic E-state index is 0.0177. The normalized spacial score (nSPS) is 10.1. The van der Waals surface area contributed by atoms with E-state index >= 15 is 0 Å². The third-order valence-corrected chi connectivity index (χ3v) is 4.98. The molecule has 168 valence electrons. The second-order valence-electron chi connectivity index (χ2n) is 6.84. The molecule has 0 unspecified atom stereocenters. The van der Waals surface area contributed by atoms with Gasteiger partial charge in [0.15, 0.2) is 0 Å².